The summed E-state index contributed by atoms with van der Waals surface area (Å²) in [4.78, 5) is 24.5. The van der Waals surface area contributed by atoms with Crippen molar-refractivity contribution in [3.05, 3.63) is 162 Å². The molecule has 0 atom stereocenters. The molecule has 5 aromatic carbocycles. The average Bonchev–Trinajstić information content (AvgIpc) is 3.31. The molecule has 10 heteroatoms. The second-order valence-electron chi connectivity index (χ2n) is 14.9. The van der Waals surface area contributed by atoms with Crippen molar-refractivity contribution in [2.24, 2.45) is 0 Å². The van der Waals surface area contributed by atoms with E-state index in [4.69, 9.17) is 28.4 Å². The van der Waals surface area contributed by atoms with E-state index >= 15 is 0 Å². The lowest BCUT2D eigenvalue weighted by Crippen LogP contribution is -2.30. The molecule has 0 saturated carbocycles. The maximum Gasteiger partial charge on any atom is 0.220 e. The van der Waals surface area contributed by atoms with Crippen LogP contribution in [0.15, 0.2) is 140 Å². The molecule has 0 bridgehead atoms. The Bertz CT molecular complexity index is 1850. The second-order valence-corrected chi connectivity index (χ2v) is 14.9. The SMILES string of the molecule is COCCOc1ccc(OCCOCCOCCNC(=O)CCCCC(=O)NCCCCCCOc2ccc(C(c3ccccc3)(c3ccccc3)c3ccccc3)cc2)cc1. The van der Waals surface area contributed by atoms with Crippen molar-refractivity contribution in [2.45, 2.75) is 56.8 Å². The normalized spacial score (nSPS) is 11.2. The van der Waals surface area contributed by atoms with Crippen LogP contribution in [0.5, 0.6) is 17.2 Å². The summed E-state index contributed by atoms with van der Waals surface area (Å²) in [5.74, 6) is 2.38. The van der Waals surface area contributed by atoms with Gasteiger partial charge < -0.3 is 39.1 Å². The van der Waals surface area contributed by atoms with Gasteiger partial charge in [-0.25, -0.2) is 0 Å². The molecule has 5 rings (SSSR count). The highest BCUT2D eigenvalue weighted by atomic mass is 16.5. The third-order valence-corrected chi connectivity index (χ3v) is 10.4. The van der Waals surface area contributed by atoms with Crippen LogP contribution in [0.4, 0.5) is 0 Å². The number of methoxy groups -OCH3 is 1. The first-order valence-electron chi connectivity index (χ1n) is 22.0. The minimum absolute atomic E-state index is 0.0332. The third kappa shape index (κ3) is 16.0. The first-order chi connectivity index (χ1) is 30.6. The highest BCUT2D eigenvalue weighted by Gasteiger charge is 2.38. The quantitative estimate of drug-likeness (QED) is 0.0336. The fraction of sp³-hybridized carbons (Fsp3) is 0.385. The van der Waals surface area contributed by atoms with Crippen molar-refractivity contribution in [1.82, 2.24) is 10.6 Å². The summed E-state index contributed by atoms with van der Waals surface area (Å²) in [6, 6.07) is 48.1. The maximum absolute atomic E-state index is 12.3. The zero-order valence-corrected chi connectivity index (χ0v) is 36.3. The van der Waals surface area contributed by atoms with Crippen LogP contribution in [-0.4, -0.2) is 84.9 Å². The number of amides is 2. The number of hydrogen-bond acceptors (Lipinski definition) is 8. The van der Waals surface area contributed by atoms with E-state index in [-0.39, 0.29) is 11.8 Å². The van der Waals surface area contributed by atoms with E-state index in [2.05, 4.69) is 126 Å². The third-order valence-electron chi connectivity index (χ3n) is 10.4. The number of unbranched alkanes of at least 4 members (excludes halogenated alkanes) is 4. The number of carbonyl (C=O) groups is 2. The Labute approximate surface area is 368 Å². The fourth-order valence-electron chi connectivity index (χ4n) is 7.29. The van der Waals surface area contributed by atoms with Gasteiger partial charge >= 0.3 is 0 Å². The highest BCUT2D eigenvalue weighted by Crippen LogP contribution is 2.45. The topological polar surface area (TPSA) is 114 Å². The van der Waals surface area contributed by atoms with E-state index < -0.39 is 5.41 Å². The molecule has 2 N–H and O–H groups in total. The summed E-state index contributed by atoms with van der Waals surface area (Å²) in [5.41, 5.74) is 4.34. The molecule has 0 heterocycles. The fourth-order valence-corrected chi connectivity index (χ4v) is 7.29. The number of benzene rings is 5. The predicted molar refractivity (Wildman–Crippen MR) is 244 cm³/mol. The predicted octanol–water partition coefficient (Wildman–Crippen LogP) is 8.94. The van der Waals surface area contributed by atoms with Crippen molar-refractivity contribution in [3.8, 4) is 17.2 Å². The Morgan fingerprint density at radius 2 is 0.806 bits per heavy atom. The minimum Gasteiger partial charge on any atom is -0.494 e. The number of hydrogen-bond donors (Lipinski definition) is 2. The zero-order chi connectivity index (χ0) is 43.3. The van der Waals surface area contributed by atoms with Gasteiger partial charge in [-0.05, 0) is 84.3 Å². The Hall–Kier alpha value is -5.68. The van der Waals surface area contributed by atoms with Crippen molar-refractivity contribution in [3.63, 3.8) is 0 Å². The molecule has 0 saturated heterocycles. The molecule has 0 radical (unpaired) electrons. The van der Waals surface area contributed by atoms with Crippen molar-refractivity contribution < 1.29 is 38.0 Å². The van der Waals surface area contributed by atoms with Crippen LogP contribution in [0, 0.1) is 0 Å². The van der Waals surface area contributed by atoms with Gasteiger partial charge in [0, 0.05) is 33.0 Å². The Morgan fingerprint density at radius 3 is 1.32 bits per heavy atom. The average molecular weight is 845 g/mol. The largest absolute Gasteiger partial charge is 0.494 e. The van der Waals surface area contributed by atoms with Crippen LogP contribution in [0.25, 0.3) is 0 Å². The Kier molecular flexibility index (Phi) is 21.4. The lowest BCUT2D eigenvalue weighted by atomic mass is 9.65. The molecule has 0 aliphatic heterocycles. The molecule has 330 valence electrons. The lowest BCUT2D eigenvalue weighted by Gasteiger charge is -2.36. The summed E-state index contributed by atoms with van der Waals surface area (Å²) in [5, 5.41) is 5.88. The maximum atomic E-state index is 12.3. The van der Waals surface area contributed by atoms with Gasteiger partial charge in [-0.2, -0.15) is 0 Å². The first-order valence-corrected chi connectivity index (χ1v) is 22.0. The summed E-state index contributed by atoms with van der Waals surface area (Å²) >= 11 is 0. The van der Waals surface area contributed by atoms with Gasteiger partial charge in [0.15, 0.2) is 0 Å². The van der Waals surface area contributed by atoms with Crippen molar-refractivity contribution in [1.29, 1.82) is 0 Å². The van der Waals surface area contributed by atoms with Gasteiger partial charge in [-0.1, -0.05) is 116 Å². The molecule has 0 aromatic heterocycles. The van der Waals surface area contributed by atoms with E-state index in [1.165, 1.54) is 22.3 Å². The number of nitrogens with one attached hydrogen (secondary N) is 2. The van der Waals surface area contributed by atoms with Gasteiger partial charge in [0.1, 0.15) is 30.5 Å². The molecule has 0 unspecified atom stereocenters. The van der Waals surface area contributed by atoms with Crippen LogP contribution < -0.4 is 24.8 Å². The summed E-state index contributed by atoms with van der Waals surface area (Å²) in [6.45, 7) is 4.95. The molecule has 0 fully saturated rings. The van der Waals surface area contributed by atoms with E-state index in [0.717, 1.165) is 42.9 Å². The molecular weight excluding hydrogens is 781 g/mol. The molecule has 2 amide bonds. The van der Waals surface area contributed by atoms with Crippen LogP contribution in [0.3, 0.4) is 0 Å². The second kappa shape index (κ2) is 28.0. The smallest absolute Gasteiger partial charge is 0.220 e. The lowest BCUT2D eigenvalue weighted by molar-refractivity contribution is -0.123. The molecule has 0 spiro atoms. The van der Waals surface area contributed by atoms with E-state index in [0.29, 0.717) is 91.6 Å². The zero-order valence-electron chi connectivity index (χ0n) is 36.3. The summed E-state index contributed by atoms with van der Waals surface area (Å²) in [7, 11) is 1.64. The van der Waals surface area contributed by atoms with Gasteiger partial charge in [0.05, 0.1) is 45.1 Å². The van der Waals surface area contributed by atoms with E-state index in [9.17, 15) is 9.59 Å². The number of rotatable bonds is 31. The van der Waals surface area contributed by atoms with Gasteiger partial charge in [-0.15, -0.1) is 0 Å². The van der Waals surface area contributed by atoms with Crippen molar-refractivity contribution >= 4 is 11.8 Å². The molecular formula is C52H64N2O8. The molecule has 0 aliphatic carbocycles. The minimum atomic E-state index is -0.475. The molecule has 62 heavy (non-hydrogen) atoms. The van der Waals surface area contributed by atoms with Crippen LogP contribution >= 0.6 is 0 Å². The Morgan fingerprint density at radius 1 is 0.403 bits per heavy atom. The number of carbonyl (C=O) groups excluding carboxylic acids is 2. The van der Waals surface area contributed by atoms with E-state index in [1.807, 2.05) is 24.3 Å². The van der Waals surface area contributed by atoms with Gasteiger partial charge in [0.2, 0.25) is 11.8 Å². The summed E-state index contributed by atoms with van der Waals surface area (Å²) < 4.78 is 33.4. The van der Waals surface area contributed by atoms with Crippen LogP contribution in [0.1, 0.15) is 73.6 Å². The first kappa shape index (κ1) is 47.4. The molecule has 0 aliphatic rings. The molecule has 5 aromatic rings. The molecule has 10 nitrogen and oxygen atoms in total. The van der Waals surface area contributed by atoms with Crippen LogP contribution in [0.2, 0.25) is 0 Å². The van der Waals surface area contributed by atoms with Crippen molar-refractivity contribution in [2.75, 3.05) is 73.1 Å². The highest BCUT2D eigenvalue weighted by molar-refractivity contribution is 5.77. The Balaban J connectivity index is 0.850. The van der Waals surface area contributed by atoms with Crippen LogP contribution in [-0.2, 0) is 29.2 Å². The van der Waals surface area contributed by atoms with Gasteiger partial charge in [-0.3, -0.25) is 9.59 Å². The van der Waals surface area contributed by atoms with E-state index in [1.54, 1.807) is 7.11 Å². The monoisotopic (exact) mass is 844 g/mol. The standard InChI is InChI=1S/C52H64N2O8/c1-57-37-41-61-48-29-31-49(32-30-48)62-42-40-59-39-38-58-36-34-54-51(56)24-14-13-23-50(55)53-33-15-2-3-16-35-60-47-27-25-46(26-28-47)52(43-17-7-4-8-18-43,44-19-9-5-10-20-44)45-21-11-6-12-22-45/h4-12,17-22,25-32H,2-3,13-16,23-24,33-42H2,1H3,(H,53,55)(H,54,56). The summed E-state index contributed by atoms with van der Waals surface area (Å²) in [6.07, 6.45) is 6.07. The number of ether oxygens (including phenoxy) is 6. The van der Waals surface area contributed by atoms with Gasteiger partial charge in [0.25, 0.3) is 0 Å².